The average molecular weight is 415 g/mol. The highest BCUT2D eigenvalue weighted by Crippen LogP contribution is 2.38. The molecule has 2 aliphatic rings. The Morgan fingerprint density at radius 2 is 2.11 bits per heavy atom. The van der Waals surface area contributed by atoms with Crippen LogP contribution in [0.3, 0.4) is 0 Å². The van der Waals surface area contributed by atoms with Crippen LogP contribution in [0.1, 0.15) is 27.9 Å². The minimum atomic E-state index is 0.0767. The molecule has 0 saturated carbocycles. The normalized spacial score (nSPS) is 15.4. The summed E-state index contributed by atoms with van der Waals surface area (Å²) in [5, 5.41) is 0.663. The number of amides is 1. The van der Waals surface area contributed by atoms with E-state index in [0.29, 0.717) is 22.8 Å². The largest absolute Gasteiger partial charge is 0.312 e. The van der Waals surface area contributed by atoms with E-state index >= 15 is 0 Å². The maximum atomic E-state index is 12.8. The monoisotopic (exact) mass is 414 g/mol. The Hall–Kier alpha value is -1.89. The number of fused-ring (bicyclic) bond motifs is 1. The van der Waals surface area contributed by atoms with Crippen LogP contribution in [0, 0.1) is 0 Å². The van der Waals surface area contributed by atoms with Crippen molar-refractivity contribution < 1.29 is 9.59 Å². The fraction of sp³-hybridized carbons (Fsp3) is 0.250. The Kier molecular flexibility index (Phi) is 4.22. The van der Waals surface area contributed by atoms with Gasteiger partial charge < -0.3 is 4.90 Å². The summed E-state index contributed by atoms with van der Waals surface area (Å²) >= 11 is 9.04. The number of carbonyl (C=O) groups is 2. The van der Waals surface area contributed by atoms with E-state index in [4.69, 9.17) is 11.6 Å². The Bertz CT molecular complexity index is 1110. The van der Waals surface area contributed by atoms with Gasteiger partial charge in [-0.05, 0) is 54.3 Å². The van der Waals surface area contributed by atoms with Crippen molar-refractivity contribution in [3.05, 3.63) is 52.0 Å². The molecule has 136 valence electrons. The molecule has 3 aromatic rings. The van der Waals surface area contributed by atoms with Crippen LogP contribution < -0.4 is 4.90 Å². The lowest BCUT2D eigenvalue weighted by Crippen LogP contribution is -2.31. The molecule has 5 rings (SSSR count). The molecule has 0 radical (unpaired) electrons. The number of thiazole rings is 1. The molecule has 0 N–H and O–H groups in total. The molecule has 0 atom stereocenters. The second-order valence-electron chi connectivity index (χ2n) is 6.77. The van der Waals surface area contributed by atoms with Crippen LogP contribution in [0.15, 0.2) is 34.7 Å². The maximum absolute atomic E-state index is 12.8. The molecule has 0 saturated heterocycles. The van der Waals surface area contributed by atoms with E-state index in [1.807, 2.05) is 35.2 Å². The van der Waals surface area contributed by atoms with Crippen molar-refractivity contribution >= 4 is 62.3 Å². The Balaban J connectivity index is 1.37. The number of Topliss-reactive ketones (excluding diaryl/α,β-unsaturated/α-hetero) is 1. The minimum Gasteiger partial charge on any atom is -0.312 e. The Morgan fingerprint density at radius 1 is 1.26 bits per heavy atom. The summed E-state index contributed by atoms with van der Waals surface area (Å²) in [6.45, 7) is 0.795. The third-order valence-corrected chi connectivity index (χ3v) is 7.40. The molecule has 2 aromatic carbocycles. The van der Waals surface area contributed by atoms with Crippen LogP contribution in [0.4, 0.5) is 5.69 Å². The Labute approximate surface area is 169 Å². The lowest BCUT2D eigenvalue weighted by Gasteiger charge is -2.25. The molecule has 0 fully saturated rings. The molecule has 0 bridgehead atoms. The van der Waals surface area contributed by atoms with E-state index in [1.165, 1.54) is 11.8 Å². The maximum Gasteiger partial charge on any atom is 0.231 e. The zero-order chi connectivity index (χ0) is 18.5. The summed E-state index contributed by atoms with van der Waals surface area (Å²) < 4.78 is 1.93. The summed E-state index contributed by atoms with van der Waals surface area (Å²) in [4.78, 5) is 31.4. The molecule has 1 aromatic heterocycles. The number of hydrogen-bond donors (Lipinski definition) is 0. The SMILES string of the molecule is O=C(CSc1nc2cc(Cl)ccc2s1)c1cc2c3c(c1)CC(=O)N3CCC2. The molecule has 0 unspecified atom stereocenters. The second kappa shape index (κ2) is 6.62. The van der Waals surface area contributed by atoms with Crippen molar-refractivity contribution in [2.75, 3.05) is 17.2 Å². The Morgan fingerprint density at radius 3 is 3.00 bits per heavy atom. The molecular formula is C20H15ClN2O2S2. The van der Waals surface area contributed by atoms with E-state index in [1.54, 1.807) is 11.3 Å². The van der Waals surface area contributed by atoms with Gasteiger partial charge in [-0.3, -0.25) is 9.59 Å². The first kappa shape index (κ1) is 17.2. The number of benzene rings is 2. The highest BCUT2D eigenvalue weighted by molar-refractivity contribution is 8.01. The second-order valence-corrected chi connectivity index (χ2v) is 9.46. The molecule has 0 spiro atoms. The summed E-state index contributed by atoms with van der Waals surface area (Å²) in [6, 6.07) is 9.53. The number of aromatic nitrogens is 1. The standard InChI is InChI=1S/C20H15ClN2O2S2/c21-14-3-4-17-15(9-14)22-20(27-17)26-10-16(24)12-6-11-2-1-5-23-18(25)8-13(7-12)19(11)23/h3-4,6-7,9H,1-2,5,8,10H2. The van der Waals surface area contributed by atoms with Crippen LogP contribution in [0.5, 0.6) is 0 Å². The van der Waals surface area contributed by atoms with Gasteiger partial charge in [0.05, 0.1) is 28.1 Å². The molecular weight excluding hydrogens is 400 g/mol. The van der Waals surface area contributed by atoms with Gasteiger partial charge in [0, 0.05) is 17.1 Å². The first-order chi connectivity index (χ1) is 13.1. The van der Waals surface area contributed by atoms with Gasteiger partial charge in [0.15, 0.2) is 10.1 Å². The highest BCUT2D eigenvalue weighted by Gasteiger charge is 2.32. The first-order valence-corrected chi connectivity index (χ1v) is 10.9. The van der Waals surface area contributed by atoms with E-state index in [0.717, 1.165) is 50.8 Å². The van der Waals surface area contributed by atoms with E-state index in [9.17, 15) is 9.59 Å². The predicted molar refractivity (Wildman–Crippen MR) is 111 cm³/mol. The van der Waals surface area contributed by atoms with Crippen molar-refractivity contribution in [2.45, 2.75) is 23.6 Å². The van der Waals surface area contributed by atoms with Crippen molar-refractivity contribution in [3.63, 3.8) is 0 Å². The van der Waals surface area contributed by atoms with Crippen molar-refractivity contribution in [1.29, 1.82) is 0 Å². The quantitative estimate of drug-likeness (QED) is 0.456. The molecule has 1 amide bonds. The number of rotatable bonds is 4. The fourth-order valence-electron chi connectivity index (χ4n) is 3.79. The van der Waals surface area contributed by atoms with Crippen molar-refractivity contribution in [1.82, 2.24) is 4.98 Å². The number of hydrogen-bond acceptors (Lipinski definition) is 5. The molecule has 0 aliphatic carbocycles. The van der Waals surface area contributed by atoms with Gasteiger partial charge in [-0.25, -0.2) is 4.98 Å². The van der Waals surface area contributed by atoms with Crippen LogP contribution in [0.2, 0.25) is 5.02 Å². The average Bonchev–Trinajstić information content (AvgIpc) is 3.21. The molecule has 3 heterocycles. The zero-order valence-electron chi connectivity index (χ0n) is 14.3. The lowest BCUT2D eigenvalue weighted by molar-refractivity contribution is -0.117. The number of nitrogens with zero attached hydrogens (tertiary/aromatic N) is 2. The smallest absolute Gasteiger partial charge is 0.231 e. The summed E-state index contributed by atoms with van der Waals surface area (Å²) in [5.74, 6) is 0.564. The lowest BCUT2D eigenvalue weighted by atomic mass is 9.96. The van der Waals surface area contributed by atoms with Gasteiger partial charge >= 0.3 is 0 Å². The van der Waals surface area contributed by atoms with Gasteiger partial charge in [0.2, 0.25) is 5.91 Å². The van der Waals surface area contributed by atoms with Crippen LogP contribution >= 0.6 is 34.7 Å². The summed E-state index contributed by atoms with van der Waals surface area (Å²) in [7, 11) is 0. The van der Waals surface area contributed by atoms with Gasteiger partial charge in [0.25, 0.3) is 0 Å². The molecule has 2 aliphatic heterocycles. The zero-order valence-corrected chi connectivity index (χ0v) is 16.7. The molecule has 7 heteroatoms. The highest BCUT2D eigenvalue weighted by atomic mass is 35.5. The van der Waals surface area contributed by atoms with E-state index < -0.39 is 0 Å². The number of thioether (sulfide) groups is 1. The first-order valence-electron chi connectivity index (χ1n) is 8.77. The van der Waals surface area contributed by atoms with E-state index in [-0.39, 0.29) is 11.7 Å². The van der Waals surface area contributed by atoms with Gasteiger partial charge in [0.1, 0.15) is 0 Å². The van der Waals surface area contributed by atoms with Crippen molar-refractivity contribution in [3.8, 4) is 0 Å². The topological polar surface area (TPSA) is 50.3 Å². The minimum absolute atomic E-state index is 0.0767. The van der Waals surface area contributed by atoms with Gasteiger partial charge in [-0.2, -0.15) is 0 Å². The third kappa shape index (κ3) is 3.06. The third-order valence-electron chi connectivity index (χ3n) is 4.99. The predicted octanol–water partition coefficient (Wildman–Crippen LogP) is 4.76. The number of halogens is 1. The van der Waals surface area contributed by atoms with Gasteiger partial charge in [-0.1, -0.05) is 23.4 Å². The molecule has 4 nitrogen and oxygen atoms in total. The van der Waals surface area contributed by atoms with Crippen molar-refractivity contribution in [2.24, 2.45) is 0 Å². The number of carbonyl (C=O) groups excluding carboxylic acids is 2. The van der Waals surface area contributed by atoms with E-state index in [2.05, 4.69) is 4.98 Å². The fourth-order valence-corrected chi connectivity index (χ4v) is 5.90. The number of anilines is 1. The van der Waals surface area contributed by atoms with Crippen LogP contribution in [-0.4, -0.2) is 29.0 Å². The molecule has 27 heavy (non-hydrogen) atoms. The number of aryl methyl sites for hydroxylation is 1. The number of ketones is 1. The summed E-state index contributed by atoms with van der Waals surface area (Å²) in [5.41, 5.74) is 4.76. The van der Waals surface area contributed by atoms with Crippen LogP contribution in [-0.2, 0) is 17.6 Å². The summed E-state index contributed by atoms with van der Waals surface area (Å²) in [6.07, 6.45) is 2.30. The van der Waals surface area contributed by atoms with Gasteiger partial charge in [-0.15, -0.1) is 11.3 Å². The van der Waals surface area contributed by atoms with Crippen LogP contribution in [0.25, 0.3) is 10.2 Å².